The van der Waals surface area contributed by atoms with E-state index in [0.717, 1.165) is 0 Å². The molecule has 6 heteroatoms. The van der Waals surface area contributed by atoms with Gasteiger partial charge in [-0.3, -0.25) is 4.79 Å². The Hall–Kier alpha value is -1.62. The number of halogens is 1. The molecule has 104 valence electrons. The largest absolute Gasteiger partial charge is 0.452 e. The van der Waals surface area contributed by atoms with Crippen LogP contribution in [0.3, 0.4) is 0 Å². The van der Waals surface area contributed by atoms with Gasteiger partial charge in [0.25, 0.3) is 5.91 Å². The van der Waals surface area contributed by atoms with Gasteiger partial charge in [0.1, 0.15) is 5.15 Å². The molecule has 5 nitrogen and oxygen atoms in total. The molecule has 0 aliphatic carbocycles. The summed E-state index contributed by atoms with van der Waals surface area (Å²) >= 11 is 5.60. The lowest BCUT2D eigenvalue weighted by molar-refractivity contribution is -0.125. The van der Waals surface area contributed by atoms with Gasteiger partial charge in [-0.15, -0.1) is 0 Å². The number of ether oxygens (including phenoxy) is 1. The van der Waals surface area contributed by atoms with Crippen LogP contribution in [-0.2, 0) is 9.53 Å². The summed E-state index contributed by atoms with van der Waals surface area (Å²) in [5, 5.41) is 3.03. The summed E-state index contributed by atoms with van der Waals surface area (Å²) in [6.07, 6.45) is 1.30. The number of nitrogens with one attached hydrogen (secondary N) is 1. The average Bonchev–Trinajstić information content (AvgIpc) is 2.36. The molecule has 0 spiro atoms. The Balaban J connectivity index is 2.42. The Morgan fingerprint density at radius 2 is 2.05 bits per heavy atom. The molecule has 0 aliphatic rings. The highest BCUT2D eigenvalue weighted by Crippen LogP contribution is 2.06. The Bertz CT molecular complexity index is 446. The van der Waals surface area contributed by atoms with Crippen LogP contribution in [0, 0.1) is 5.92 Å². The number of nitrogens with zero attached hydrogens (tertiary/aromatic N) is 1. The lowest BCUT2D eigenvalue weighted by atomic mass is 10.1. The smallest absolute Gasteiger partial charge is 0.340 e. The molecule has 0 saturated carbocycles. The second-order valence-corrected chi connectivity index (χ2v) is 4.93. The summed E-state index contributed by atoms with van der Waals surface area (Å²) in [5.74, 6) is -0.604. The predicted octanol–water partition coefficient (Wildman–Crippen LogP) is 2.05. The number of carbonyl (C=O) groups is 2. The van der Waals surface area contributed by atoms with Crippen LogP contribution >= 0.6 is 11.6 Å². The van der Waals surface area contributed by atoms with Crippen LogP contribution in [0.4, 0.5) is 0 Å². The maximum Gasteiger partial charge on any atom is 0.340 e. The van der Waals surface area contributed by atoms with Crippen LogP contribution in [0.5, 0.6) is 0 Å². The number of rotatable bonds is 5. The van der Waals surface area contributed by atoms with E-state index in [-0.39, 0.29) is 24.1 Å². The number of hydrogen-bond donors (Lipinski definition) is 1. The van der Waals surface area contributed by atoms with Gasteiger partial charge in [0.05, 0.1) is 5.56 Å². The van der Waals surface area contributed by atoms with Gasteiger partial charge in [-0.2, -0.15) is 0 Å². The van der Waals surface area contributed by atoms with E-state index in [1.165, 1.54) is 18.3 Å². The van der Waals surface area contributed by atoms with Crippen molar-refractivity contribution in [3.63, 3.8) is 0 Å². The summed E-state index contributed by atoms with van der Waals surface area (Å²) in [6, 6.07) is 3.01. The van der Waals surface area contributed by atoms with E-state index < -0.39 is 5.97 Å². The quantitative estimate of drug-likeness (QED) is 0.664. The third-order valence-electron chi connectivity index (χ3n) is 2.69. The van der Waals surface area contributed by atoms with Crippen molar-refractivity contribution in [1.29, 1.82) is 0 Å². The van der Waals surface area contributed by atoms with Gasteiger partial charge in [0, 0.05) is 12.2 Å². The van der Waals surface area contributed by atoms with Crippen molar-refractivity contribution < 1.29 is 14.3 Å². The molecule has 1 heterocycles. The number of esters is 1. The van der Waals surface area contributed by atoms with Crippen LogP contribution in [0.15, 0.2) is 18.3 Å². The zero-order valence-corrected chi connectivity index (χ0v) is 11.9. The first-order valence-electron chi connectivity index (χ1n) is 5.98. The lowest BCUT2D eigenvalue weighted by Crippen LogP contribution is -2.38. The van der Waals surface area contributed by atoms with E-state index >= 15 is 0 Å². The van der Waals surface area contributed by atoms with Crippen molar-refractivity contribution in [3.05, 3.63) is 29.0 Å². The average molecular weight is 285 g/mol. The third-order valence-corrected chi connectivity index (χ3v) is 2.91. The molecular weight excluding hydrogens is 268 g/mol. The molecule has 1 atom stereocenters. The van der Waals surface area contributed by atoms with Gasteiger partial charge in [-0.05, 0) is 25.0 Å². The summed E-state index contributed by atoms with van der Waals surface area (Å²) in [5.41, 5.74) is 0.258. The zero-order chi connectivity index (χ0) is 14.4. The Morgan fingerprint density at radius 1 is 1.37 bits per heavy atom. The molecule has 0 radical (unpaired) electrons. The SMILES string of the molecule is CC(C)[C@H](C)NC(=O)COC(=O)c1ccc(Cl)nc1. The van der Waals surface area contributed by atoms with E-state index in [4.69, 9.17) is 16.3 Å². The van der Waals surface area contributed by atoms with E-state index in [0.29, 0.717) is 11.1 Å². The van der Waals surface area contributed by atoms with Gasteiger partial charge in [0.15, 0.2) is 6.61 Å². The van der Waals surface area contributed by atoms with Crippen molar-refractivity contribution in [2.45, 2.75) is 26.8 Å². The Labute approximate surface area is 117 Å². The summed E-state index contributed by atoms with van der Waals surface area (Å²) in [7, 11) is 0. The van der Waals surface area contributed by atoms with Crippen molar-refractivity contribution in [3.8, 4) is 0 Å². The standard InChI is InChI=1S/C13H17ClN2O3/c1-8(2)9(3)16-12(17)7-19-13(18)10-4-5-11(14)15-6-10/h4-6,8-9H,7H2,1-3H3,(H,16,17)/t9-/m0/s1. The van der Waals surface area contributed by atoms with Gasteiger partial charge in [-0.1, -0.05) is 25.4 Å². The van der Waals surface area contributed by atoms with Gasteiger partial charge >= 0.3 is 5.97 Å². The minimum atomic E-state index is -0.600. The molecule has 0 aromatic carbocycles. The first-order chi connectivity index (χ1) is 8.90. The van der Waals surface area contributed by atoms with E-state index in [2.05, 4.69) is 10.3 Å². The highest BCUT2D eigenvalue weighted by atomic mass is 35.5. The minimum absolute atomic E-state index is 0.0309. The van der Waals surface area contributed by atoms with Gasteiger partial charge in [0.2, 0.25) is 0 Å². The van der Waals surface area contributed by atoms with Crippen LogP contribution in [0.1, 0.15) is 31.1 Å². The molecule has 1 amide bonds. The van der Waals surface area contributed by atoms with E-state index in [1.807, 2.05) is 20.8 Å². The molecule has 0 unspecified atom stereocenters. The summed E-state index contributed by atoms with van der Waals surface area (Å²) in [4.78, 5) is 26.9. The summed E-state index contributed by atoms with van der Waals surface area (Å²) in [6.45, 7) is 5.58. The Morgan fingerprint density at radius 3 is 2.58 bits per heavy atom. The molecule has 1 aromatic rings. The third kappa shape index (κ3) is 5.26. The van der Waals surface area contributed by atoms with Crippen LogP contribution in [0.2, 0.25) is 5.15 Å². The number of hydrogen-bond acceptors (Lipinski definition) is 4. The maximum absolute atomic E-state index is 11.6. The van der Waals surface area contributed by atoms with Crippen molar-refractivity contribution >= 4 is 23.5 Å². The van der Waals surface area contributed by atoms with Crippen molar-refractivity contribution in [2.24, 2.45) is 5.92 Å². The molecule has 0 bridgehead atoms. The highest BCUT2D eigenvalue weighted by Gasteiger charge is 2.13. The number of aromatic nitrogens is 1. The normalized spacial score (nSPS) is 12.1. The molecular formula is C13H17ClN2O3. The zero-order valence-electron chi connectivity index (χ0n) is 11.1. The second-order valence-electron chi connectivity index (χ2n) is 4.55. The maximum atomic E-state index is 11.6. The number of amides is 1. The number of pyridine rings is 1. The fourth-order valence-electron chi connectivity index (χ4n) is 1.17. The molecule has 0 saturated heterocycles. The first kappa shape index (κ1) is 15.4. The fourth-order valence-corrected chi connectivity index (χ4v) is 1.29. The monoisotopic (exact) mass is 284 g/mol. The molecule has 0 aliphatic heterocycles. The van der Waals surface area contributed by atoms with E-state index in [9.17, 15) is 9.59 Å². The fraction of sp³-hybridized carbons (Fsp3) is 0.462. The van der Waals surface area contributed by atoms with Gasteiger partial charge in [-0.25, -0.2) is 9.78 Å². The van der Waals surface area contributed by atoms with Crippen LogP contribution in [0.25, 0.3) is 0 Å². The first-order valence-corrected chi connectivity index (χ1v) is 6.36. The summed E-state index contributed by atoms with van der Waals surface area (Å²) < 4.78 is 4.88. The topological polar surface area (TPSA) is 68.3 Å². The lowest BCUT2D eigenvalue weighted by Gasteiger charge is -2.17. The van der Waals surface area contributed by atoms with Crippen LogP contribution < -0.4 is 5.32 Å². The molecule has 0 fully saturated rings. The Kier molecular flexibility index (Phi) is 5.76. The highest BCUT2D eigenvalue weighted by molar-refractivity contribution is 6.29. The minimum Gasteiger partial charge on any atom is -0.452 e. The molecule has 1 N–H and O–H groups in total. The predicted molar refractivity (Wildman–Crippen MR) is 72.0 cm³/mol. The molecule has 19 heavy (non-hydrogen) atoms. The molecule has 1 rings (SSSR count). The van der Waals surface area contributed by atoms with Crippen LogP contribution in [-0.4, -0.2) is 29.5 Å². The van der Waals surface area contributed by atoms with Crippen molar-refractivity contribution in [1.82, 2.24) is 10.3 Å². The van der Waals surface area contributed by atoms with Crippen molar-refractivity contribution in [2.75, 3.05) is 6.61 Å². The van der Waals surface area contributed by atoms with Gasteiger partial charge < -0.3 is 10.1 Å². The second kappa shape index (κ2) is 7.09. The van der Waals surface area contributed by atoms with E-state index in [1.54, 1.807) is 0 Å². The molecule has 1 aromatic heterocycles. The number of carbonyl (C=O) groups excluding carboxylic acids is 2.